The molecule has 0 aliphatic carbocycles. The molecule has 2 fully saturated rings. The number of sulfonamides is 1. The summed E-state index contributed by atoms with van der Waals surface area (Å²) in [5, 5.41) is 0. The average Bonchev–Trinajstić information content (AvgIpc) is 3.38. The highest BCUT2D eigenvalue weighted by molar-refractivity contribution is 7.92. The van der Waals surface area contributed by atoms with E-state index in [4.69, 9.17) is 4.74 Å². The smallest absolute Gasteiger partial charge is 0.414 e. The molecule has 7 nitrogen and oxygen atoms in total. The maximum Gasteiger partial charge on any atom is 0.414 e. The average molecular weight is 430 g/mol. The number of nitrogens with one attached hydrogen (secondary N) is 1. The number of likely N-dealkylation sites (tertiary alicyclic amines) is 1. The molecule has 2 aromatic rings. The molecule has 2 aliphatic heterocycles. The zero-order chi connectivity index (χ0) is 21.3. The second-order valence-corrected chi connectivity index (χ2v) is 9.74. The van der Waals surface area contributed by atoms with Crippen LogP contribution < -0.4 is 9.62 Å². The molecule has 160 valence electrons. The number of carbonyl (C=O) groups excluding carboxylic acids is 1. The molecule has 4 rings (SSSR count). The standard InChI is InChI=1S/C22H27N3O4S/c1-16(2)24-12-11-18(15-24)17-3-5-19(6-4-17)23-30(27,28)21-9-7-20(8-10-21)25-13-14-29-22(25)26/h3-10,16,18,23H,11-15H2,1-2H3. The van der Waals surface area contributed by atoms with E-state index in [9.17, 15) is 13.2 Å². The van der Waals surface area contributed by atoms with Crippen LogP contribution in [0.4, 0.5) is 16.2 Å². The van der Waals surface area contributed by atoms with E-state index in [-0.39, 0.29) is 4.90 Å². The highest BCUT2D eigenvalue weighted by atomic mass is 32.2. The van der Waals surface area contributed by atoms with Gasteiger partial charge in [0.25, 0.3) is 10.0 Å². The number of amides is 1. The number of rotatable bonds is 6. The molecule has 2 aromatic carbocycles. The molecule has 0 saturated carbocycles. The summed E-state index contributed by atoms with van der Waals surface area (Å²) in [4.78, 5) is 15.7. The molecule has 1 amide bonds. The summed E-state index contributed by atoms with van der Waals surface area (Å²) in [6, 6.07) is 14.4. The van der Waals surface area contributed by atoms with Crippen molar-refractivity contribution >= 4 is 27.5 Å². The molecule has 0 spiro atoms. The van der Waals surface area contributed by atoms with Crippen molar-refractivity contribution in [1.29, 1.82) is 0 Å². The van der Waals surface area contributed by atoms with Crippen LogP contribution in [0.2, 0.25) is 0 Å². The van der Waals surface area contributed by atoms with E-state index in [2.05, 4.69) is 23.5 Å². The summed E-state index contributed by atoms with van der Waals surface area (Å²) >= 11 is 0. The minimum absolute atomic E-state index is 0.145. The van der Waals surface area contributed by atoms with E-state index < -0.39 is 16.1 Å². The molecule has 0 bridgehead atoms. The van der Waals surface area contributed by atoms with E-state index in [0.29, 0.717) is 36.5 Å². The van der Waals surface area contributed by atoms with Crippen LogP contribution in [0.15, 0.2) is 53.4 Å². The van der Waals surface area contributed by atoms with Crippen LogP contribution >= 0.6 is 0 Å². The Balaban J connectivity index is 1.42. The summed E-state index contributed by atoms with van der Waals surface area (Å²) < 4.78 is 33.0. The van der Waals surface area contributed by atoms with Gasteiger partial charge in [0.2, 0.25) is 0 Å². The molecule has 1 atom stereocenters. The van der Waals surface area contributed by atoms with Gasteiger partial charge in [0.05, 0.1) is 11.4 Å². The van der Waals surface area contributed by atoms with Crippen LogP contribution in [-0.4, -0.2) is 51.7 Å². The number of hydrogen-bond acceptors (Lipinski definition) is 5. The molecule has 1 N–H and O–H groups in total. The van der Waals surface area contributed by atoms with Crippen LogP contribution in [-0.2, 0) is 14.8 Å². The largest absolute Gasteiger partial charge is 0.447 e. The van der Waals surface area contributed by atoms with Gasteiger partial charge in [-0.05, 0) is 74.7 Å². The van der Waals surface area contributed by atoms with Crippen molar-refractivity contribution in [3.05, 3.63) is 54.1 Å². The lowest BCUT2D eigenvalue weighted by atomic mass is 9.98. The Hall–Kier alpha value is -2.58. The first kappa shape index (κ1) is 20.7. The number of nitrogens with zero attached hydrogens (tertiary/aromatic N) is 2. The number of benzene rings is 2. The molecular weight excluding hydrogens is 402 g/mol. The van der Waals surface area contributed by atoms with Gasteiger partial charge >= 0.3 is 6.09 Å². The van der Waals surface area contributed by atoms with Gasteiger partial charge in [-0.25, -0.2) is 13.2 Å². The Morgan fingerprint density at radius 1 is 1.03 bits per heavy atom. The maximum absolute atomic E-state index is 12.7. The second kappa shape index (κ2) is 8.28. The molecule has 0 radical (unpaired) electrons. The number of anilines is 2. The molecule has 8 heteroatoms. The fraction of sp³-hybridized carbons (Fsp3) is 0.409. The van der Waals surface area contributed by atoms with Crippen molar-refractivity contribution < 1.29 is 17.9 Å². The van der Waals surface area contributed by atoms with Crippen LogP contribution in [0.1, 0.15) is 31.7 Å². The fourth-order valence-electron chi connectivity index (χ4n) is 4.00. The van der Waals surface area contributed by atoms with Crippen molar-refractivity contribution in [3.8, 4) is 0 Å². The summed E-state index contributed by atoms with van der Waals surface area (Å²) in [7, 11) is -3.71. The van der Waals surface area contributed by atoms with E-state index in [0.717, 1.165) is 19.5 Å². The predicted molar refractivity (Wildman–Crippen MR) is 116 cm³/mol. The third-order valence-corrected chi connectivity index (χ3v) is 7.20. The van der Waals surface area contributed by atoms with Gasteiger partial charge in [-0.15, -0.1) is 0 Å². The molecule has 2 saturated heterocycles. The van der Waals surface area contributed by atoms with E-state index in [1.165, 1.54) is 22.6 Å². The van der Waals surface area contributed by atoms with Gasteiger partial charge in [0.15, 0.2) is 0 Å². The Kier molecular flexibility index (Phi) is 5.71. The normalized spacial score (nSPS) is 20.0. The summed E-state index contributed by atoms with van der Waals surface area (Å²) in [5.74, 6) is 0.489. The van der Waals surface area contributed by atoms with E-state index >= 15 is 0 Å². The quantitative estimate of drug-likeness (QED) is 0.758. The lowest BCUT2D eigenvalue weighted by Gasteiger charge is -2.20. The van der Waals surface area contributed by atoms with Crippen LogP contribution in [0, 0.1) is 0 Å². The first-order chi connectivity index (χ1) is 14.3. The number of cyclic esters (lactones) is 1. The minimum Gasteiger partial charge on any atom is -0.447 e. The highest BCUT2D eigenvalue weighted by Crippen LogP contribution is 2.29. The Labute approximate surface area is 177 Å². The predicted octanol–water partition coefficient (Wildman–Crippen LogP) is 3.64. The third-order valence-electron chi connectivity index (χ3n) is 5.80. The van der Waals surface area contributed by atoms with Crippen molar-refractivity contribution in [2.75, 3.05) is 35.9 Å². The van der Waals surface area contributed by atoms with E-state index in [1.807, 2.05) is 24.3 Å². The summed E-state index contributed by atoms with van der Waals surface area (Å²) in [6.07, 6.45) is 0.711. The van der Waals surface area contributed by atoms with Crippen LogP contribution in [0.25, 0.3) is 0 Å². The number of carbonyl (C=O) groups is 1. The lowest BCUT2D eigenvalue weighted by Crippen LogP contribution is -2.27. The topological polar surface area (TPSA) is 79.0 Å². The van der Waals surface area contributed by atoms with Gasteiger partial charge < -0.3 is 9.64 Å². The highest BCUT2D eigenvalue weighted by Gasteiger charge is 2.26. The Morgan fingerprint density at radius 2 is 1.73 bits per heavy atom. The molecule has 1 unspecified atom stereocenters. The van der Waals surface area contributed by atoms with Crippen molar-refractivity contribution in [2.24, 2.45) is 0 Å². The Morgan fingerprint density at radius 3 is 2.30 bits per heavy atom. The number of ether oxygens (including phenoxy) is 1. The third kappa shape index (κ3) is 4.29. The molecule has 0 aromatic heterocycles. The maximum atomic E-state index is 12.7. The summed E-state index contributed by atoms with van der Waals surface area (Å²) in [6.45, 7) is 7.37. The molecular formula is C22H27N3O4S. The molecule has 2 aliphatic rings. The van der Waals surface area contributed by atoms with E-state index in [1.54, 1.807) is 12.1 Å². The minimum atomic E-state index is -3.71. The van der Waals surface area contributed by atoms with Gasteiger partial charge in [0, 0.05) is 24.0 Å². The van der Waals surface area contributed by atoms with Crippen molar-refractivity contribution in [2.45, 2.75) is 37.1 Å². The van der Waals surface area contributed by atoms with Crippen molar-refractivity contribution in [1.82, 2.24) is 4.90 Å². The zero-order valence-corrected chi connectivity index (χ0v) is 18.1. The fourth-order valence-corrected chi connectivity index (χ4v) is 5.06. The van der Waals surface area contributed by atoms with Crippen LogP contribution in [0.3, 0.4) is 0 Å². The first-order valence-corrected chi connectivity index (χ1v) is 11.7. The monoisotopic (exact) mass is 429 g/mol. The van der Waals surface area contributed by atoms with Gasteiger partial charge in [-0.1, -0.05) is 12.1 Å². The second-order valence-electron chi connectivity index (χ2n) is 8.06. The van der Waals surface area contributed by atoms with Crippen molar-refractivity contribution in [3.63, 3.8) is 0 Å². The SMILES string of the molecule is CC(C)N1CCC(c2ccc(NS(=O)(=O)c3ccc(N4CCOC4=O)cc3)cc2)C1. The lowest BCUT2D eigenvalue weighted by molar-refractivity contribution is 0.181. The first-order valence-electron chi connectivity index (χ1n) is 10.2. The van der Waals surface area contributed by atoms with Gasteiger partial charge in [-0.2, -0.15) is 0 Å². The van der Waals surface area contributed by atoms with Gasteiger partial charge in [-0.3, -0.25) is 9.62 Å². The number of hydrogen-bond donors (Lipinski definition) is 1. The van der Waals surface area contributed by atoms with Gasteiger partial charge in [0.1, 0.15) is 6.61 Å². The van der Waals surface area contributed by atoms with Crippen LogP contribution in [0.5, 0.6) is 0 Å². The molecule has 2 heterocycles. The molecule has 30 heavy (non-hydrogen) atoms. The Bertz CT molecular complexity index is 1000. The zero-order valence-electron chi connectivity index (χ0n) is 17.2. The summed E-state index contributed by atoms with van der Waals surface area (Å²) in [5.41, 5.74) is 2.39.